The average molecular weight is 186 g/mol. The second-order valence-corrected chi connectivity index (χ2v) is 2.89. The summed E-state index contributed by atoms with van der Waals surface area (Å²) < 4.78 is 0. The van der Waals surface area contributed by atoms with Crippen molar-refractivity contribution >= 4 is 17.9 Å². The molecule has 1 heterocycles. The molecule has 2 N–H and O–H groups in total. The summed E-state index contributed by atoms with van der Waals surface area (Å²) in [6, 6.07) is -2.39. The molecular weight excluding hydrogens is 176 g/mol. The fraction of sp³-hybridized carbons (Fsp3) is 0.571. The van der Waals surface area contributed by atoms with E-state index < -0.39 is 30.0 Å². The molecule has 0 aromatic rings. The molecule has 0 aromatic heterocycles. The third kappa shape index (κ3) is 1.47. The smallest absolute Gasteiger partial charge is 0.326 e. The fourth-order valence-electron chi connectivity index (χ4n) is 1.10. The number of amides is 3. The number of urea groups is 1. The van der Waals surface area contributed by atoms with Crippen molar-refractivity contribution in [1.29, 1.82) is 0 Å². The van der Waals surface area contributed by atoms with E-state index in [-0.39, 0.29) is 0 Å². The van der Waals surface area contributed by atoms with Crippen molar-refractivity contribution in [3.05, 3.63) is 0 Å². The van der Waals surface area contributed by atoms with Gasteiger partial charge in [0.05, 0.1) is 0 Å². The SMILES string of the molecule is CC1NC(=O)N(C(C)C(=O)O)C1=O. The standard InChI is InChI=1S/C7H10N2O4/c1-3-5(10)9(7(13)8-3)4(2)6(11)12/h3-4H,1-2H3,(H,8,13)(H,11,12). The summed E-state index contributed by atoms with van der Waals surface area (Å²) in [5.41, 5.74) is 0. The molecule has 2 atom stereocenters. The third-order valence-corrected chi connectivity index (χ3v) is 1.91. The number of hydrogen-bond donors (Lipinski definition) is 2. The van der Waals surface area contributed by atoms with E-state index in [0.717, 1.165) is 0 Å². The van der Waals surface area contributed by atoms with Crippen molar-refractivity contribution in [3.8, 4) is 0 Å². The number of carbonyl (C=O) groups excluding carboxylic acids is 2. The van der Waals surface area contributed by atoms with E-state index in [2.05, 4.69) is 5.32 Å². The van der Waals surface area contributed by atoms with Crippen LogP contribution in [0.4, 0.5) is 4.79 Å². The first-order valence-corrected chi connectivity index (χ1v) is 3.81. The van der Waals surface area contributed by atoms with Gasteiger partial charge in [0.15, 0.2) is 0 Å². The lowest BCUT2D eigenvalue weighted by Gasteiger charge is -2.16. The summed E-state index contributed by atoms with van der Waals surface area (Å²) in [5, 5.41) is 10.9. The molecule has 0 radical (unpaired) electrons. The first kappa shape index (κ1) is 9.50. The largest absolute Gasteiger partial charge is 0.480 e. The highest BCUT2D eigenvalue weighted by Gasteiger charge is 2.40. The Hall–Kier alpha value is -1.59. The molecule has 3 amide bonds. The van der Waals surface area contributed by atoms with Crippen LogP contribution in [-0.4, -0.2) is 40.0 Å². The monoisotopic (exact) mass is 186 g/mol. The summed E-state index contributed by atoms with van der Waals surface area (Å²) >= 11 is 0. The topological polar surface area (TPSA) is 86.7 Å². The van der Waals surface area contributed by atoms with E-state index in [1.165, 1.54) is 13.8 Å². The molecule has 1 aliphatic rings. The maximum absolute atomic E-state index is 11.2. The van der Waals surface area contributed by atoms with Gasteiger partial charge in [-0.1, -0.05) is 0 Å². The predicted octanol–water partition coefficient (Wildman–Crippen LogP) is -0.600. The number of rotatable bonds is 2. The molecule has 0 bridgehead atoms. The van der Waals surface area contributed by atoms with Crippen LogP contribution in [-0.2, 0) is 9.59 Å². The van der Waals surface area contributed by atoms with E-state index in [4.69, 9.17) is 5.11 Å². The Morgan fingerprint density at radius 1 is 1.62 bits per heavy atom. The van der Waals surface area contributed by atoms with Crippen LogP contribution in [0.15, 0.2) is 0 Å². The maximum Gasteiger partial charge on any atom is 0.326 e. The highest BCUT2D eigenvalue weighted by molar-refractivity contribution is 6.06. The second-order valence-electron chi connectivity index (χ2n) is 2.89. The highest BCUT2D eigenvalue weighted by Crippen LogP contribution is 2.10. The summed E-state index contributed by atoms with van der Waals surface area (Å²) in [4.78, 5) is 33.5. The molecule has 6 heteroatoms. The van der Waals surface area contributed by atoms with Gasteiger partial charge in [0, 0.05) is 0 Å². The third-order valence-electron chi connectivity index (χ3n) is 1.91. The number of aliphatic carboxylic acids is 1. The van der Waals surface area contributed by atoms with Gasteiger partial charge in [-0.2, -0.15) is 0 Å². The Morgan fingerprint density at radius 2 is 2.15 bits per heavy atom. The van der Waals surface area contributed by atoms with Crippen LogP contribution in [0.5, 0.6) is 0 Å². The highest BCUT2D eigenvalue weighted by atomic mass is 16.4. The summed E-state index contributed by atoms with van der Waals surface area (Å²) in [7, 11) is 0. The van der Waals surface area contributed by atoms with Gasteiger partial charge in [0.2, 0.25) is 0 Å². The summed E-state index contributed by atoms with van der Waals surface area (Å²) in [6.07, 6.45) is 0. The van der Waals surface area contributed by atoms with E-state index in [1.807, 2.05) is 0 Å². The first-order chi connectivity index (χ1) is 5.95. The van der Waals surface area contributed by atoms with Crippen LogP contribution in [0.1, 0.15) is 13.8 Å². The van der Waals surface area contributed by atoms with Crippen LogP contribution < -0.4 is 5.32 Å². The number of carbonyl (C=O) groups is 3. The quantitative estimate of drug-likeness (QED) is 0.564. The number of carboxylic acids is 1. The van der Waals surface area contributed by atoms with E-state index in [1.54, 1.807) is 0 Å². The molecule has 1 rings (SSSR count). The predicted molar refractivity (Wildman–Crippen MR) is 41.9 cm³/mol. The number of imide groups is 1. The number of nitrogens with zero attached hydrogens (tertiary/aromatic N) is 1. The van der Waals surface area contributed by atoms with Crippen LogP contribution in [0.3, 0.4) is 0 Å². The van der Waals surface area contributed by atoms with Crippen molar-refractivity contribution in [1.82, 2.24) is 10.2 Å². The molecule has 6 nitrogen and oxygen atoms in total. The molecule has 0 saturated carbocycles. The van der Waals surface area contributed by atoms with Gasteiger partial charge in [-0.3, -0.25) is 4.79 Å². The average Bonchev–Trinajstić information content (AvgIpc) is 2.26. The minimum Gasteiger partial charge on any atom is -0.480 e. The zero-order valence-electron chi connectivity index (χ0n) is 7.27. The molecule has 2 unspecified atom stereocenters. The van der Waals surface area contributed by atoms with Gasteiger partial charge in [-0.05, 0) is 13.8 Å². The number of carboxylic acid groups (broad SMARTS) is 1. The number of hydrogen-bond acceptors (Lipinski definition) is 3. The molecule has 1 fully saturated rings. The Morgan fingerprint density at radius 3 is 2.46 bits per heavy atom. The van der Waals surface area contributed by atoms with Gasteiger partial charge in [0.1, 0.15) is 12.1 Å². The van der Waals surface area contributed by atoms with E-state index in [9.17, 15) is 14.4 Å². The van der Waals surface area contributed by atoms with Gasteiger partial charge in [-0.15, -0.1) is 0 Å². The molecule has 13 heavy (non-hydrogen) atoms. The molecule has 1 aliphatic heterocycles. The van der Waals surface area contributed by atoms with Crippen LogP contribution in [0.2, 0.25) is 0 Å². The molecule has 0 aliphatic carbocycles. The Labute approximate surface area is 74.5 Å². The van der Waals surface area contributed by atoms with Crippen molar-refractivity contribution in [2.75, 3.05) is 0 Å². The lowest BCUT2D eigenvalue weighted by Crippen LogP contribution is -2.43. The Balaban J connectivity index is 2.86. The fourth-order valence-corrected chi connectivity index (χ4v) is 1.10. The van der Waals surface area contributed by atoms with Crippen molar-refractivity contribution in [3.63, 3.8) is 0 Å². The van der Waals surface area contributed by atoms with Gasteiger partial charge in [-0.25, -0.2) is 14.5 Å². The van der Waals surface area contributed by atoms with Crippen molar-refractivity contribution in [2.24, 2.45) is 0 Å². The van der Waals surface area contributed by atoms with Gasteiger partial charge < -0.3 is 10.4 Å². The van der Waals surface area contributed by atoms with E-state index >= 15 is 0 Å². The van der Waals surface area contributed by atoms with Crippen molar-refractivity contribution < 1.29 is 19.5 Å². The van der Waals surface area contributed by atoms with Crippen LogP contribution in [0.25, 0.3) is 0 Å². The van der Waals surface area contributed by atoms with E-state index in [0.29, 0.717) is 4.90 Å². The normalized spacial score (nSPS) is 24.5. The lowest BCUT2D eigenvalue weighted by atomic mass is 10.2. The molecule has 72 valence electrons. The number of nitrogens with one attached hydrogen (secondary N) is 1. The second kappa shape index (κ2) is 3.04. The Kier molecular flexibility index (Phi) is 2.22. The van der Waals surface area contributed by atoms with Crippen LogP contribution >= 0.6 is 0 Å². The Bertz CT molecular complexity index is 276. The van der Waals surface area contributed by atoms with Gasteiger partial charge >= 0.3 is 12.0 Å². The molecular formula is C7H10N2O4. The summed E-state index contributed by atoms with van der Waals surface area (Å²) in [5.74, 6) is -1.70. The van der Waals surface area contributed by atoms with Crippen LogP contribution in [0, 0.1) is 0 Å². The lowest BCUT2D eigenvalue weighted by molar-refractivity contribution is -0.145. The minimum absolute atomic E-state index is 0.500. The minimum atomic E-state index is -1.20. The molecule has 0 aromatic carbocycles. The van der Waals surface area contributed by atoms with Crippen molar-refractivity contribution in [2.45, 2.75) is 25.9 Å². The molecule has 0 spiro atoms. The molecule has 1 saturated heterocycles. The zero-order valence-corrected chi connectivity index (χ0v) is 7.27. The first-order valence-electron chi connectivity index (χ1n) is 3.81. The zero-order chi connectivity index (χ0) is 10.2. The van der Waals surface area contributed by atoms with Gasteiger partial charge in [0.25, 0.3) is 5.91 Å². The summed E-state index contributed by atoms with van der Waals surface area (Å²) in [6.45, 7) is 2.80. The maximum atomic E-state index is 11.2.